The van der Waals surface area contributed by atoms with Crippen LogP contribution in [0.5, 0.6) is 0 Å². The molecule has 3 aliphatic rings. The van der Waals surface area contributed by atoms with Crippen LogP contribution in [0.1, 0.15) is 25.7 Å². The molecule has 1 saturated carbocycles. The first-order valence-electron chi connectivity index (χ1n) is 6.37. The van der Waals surface area contributed by atoms with Crippen molar-refractivity contribution in [3.8, 4) is 0 Å². The van der Waals surface area contributed by atoms with Crippen LogP contribution in [0, 0.1) is 11.8 Å². The van der Waals surface area contributed by atoms with E-state index in [2.05, 4.69) is 16.7 Å². The van der Waals surface area contributed by atoms with Gasteiger partial charge in [0.25, 0.3) is 0 Å². The molecule has 15 heavy (non-hydrogen) atoms. The Hall–Kier alpha value is 0.270. The molecule has 2 heterocycles. The molecule has 2 N–H and O–H groups in total. The van der Waals surface area contributed by atoms with E-state index in [0.717, 1.165) is 18.4 Å². The van der Waals surface area contributed by atoms with Gasteiger partial charge in [0.1, 0.15) is 0 Å². The maximum absolute atomic E-state index is 6.04. The summed E-state index contributed by atoms with van der Waals surface area (Å²) in [5, 5.41) is 0. The molecule has 1 aliphatic carbocycles. The average Bonchev–Trinajstić information content (AvgIpc) is 2.92. The van der Waals surface area contributed by atoms with Crippen molar-refractivity contribution in [1.82, 2.24) is 4.90 Å². The van der Waals surface area contributed by atoms with Gasteiger partial charge >= 0.3 is 0 Å². The van der Waals surface area contributed by atoms with Crippen molar-refractivity contribution in [2.24, 2.45) is 17.6 Å². The molecule has 2 nitrogen and oxygen atoms in total. The Morgan fingerprint density at radius 3 is 2.53 bits per heavy atom. The van der Waals surface area contributed by atoms with E-state index in [9.17, 15) is 0 Å². The molecule has 0 aromatic heterocycles. The van der Waals surface area contributed by atoms with Gasteiger partial charge in [-0.25, -0.2) is 0 Å². The molecule has 3 unspecified atom stereocenters. The monoisotopic (exact) mass is 226 g/mol. The highest BCUT2D eigenvalue weighted by Crippen LogP contribution is 2.43. The number of nitrogens with two attached hydrogens (primary N) is 1. The third kappa shape index (κ3) is 1.63. The Morgan fingerprint density at radius 2 is 2.00 bits per heavy atom. The second kappa shape index (κ2) is 3.94. The quantitative estimate of drug-likeness (QED) is 0.775. The van der Waals surface area contributed by atoms with Crippen molar-refractivity contribution in [2.45, 2.75) is 31.2 Å². The fourth-order valence-corrected chi connectivity index (χ4v) is 5.25. The first kappa shape index (κ1) is 10.4. The van der Waals surface area contributed by atoms with Crippen molar-refractivity contribution in [3.63, 3.8) is 0 Å². The van der Waals surface area contributed by atoms with E-state index in [4.69, 9.17) is 5.73 Å². The van der Waals surface area contributed by atoms with Gasteiger partial charge in [-0.15, -0.1) is 0 Å². The van der Waals surface area contributed by atoms with Gasteiger partial charge in [-0.3, -0.25) is 4.90 Å². The maximum Gasteiger partial charge on any atom is 0.0429 e. The normalized spacial score (nSPS) is 46.2. The Balaban J connectivity index is 1.72. The standard InChI is InChI=1S/C12H22N2S/c13-8-12(4-5-15-9-12)14-6-10-2-1-3-11(10)7-14/h10-11H,1-9,13H2. The van der Waals surface area contributed by atoms with Crippen LogP contribution in [-0.2, 0) is 0 Å². The predicted octanol–water partition coefficient (Wildman–Crippen LogP) is 1.55. The number of fused-ring (bicyclic) bond motifs is 1. The highest BCUT2D eigenvalue weighted by molar-refractivity contribution is 7.99. The van der Waals surface area contributed by atoms with Crippen molar-refractivity contribution in [2.75, 3.05) is 31.1 Å². The molecule has 0 aromatic carbocycles. The second-order valence-corrected chi connectivity index (χ2v) is 6.69. The van der Waals surface area contributed by atoms with Crippen LogP contribution in [0.3, 0.4) is 0 Å². The van der Waals surface area contributed by atoms with Crippen LogP contribution >= 0.6 is 11.8 Å². The molecule has 0 spiro atoms. The van der Waals surface area contributed by atoms with E-state index >= 15 is 0 Å². The lowest BCUT2D eigenvalue weighted by molar-refractivity contribution is 0.138. The van der Waals surface area contributed by atoms with E-state index in [0.29, 0.717) is 5.54 Å². The number of hydrogen-bond donors (Lipinski definition) is 1. The van der Waals surface area contributed by atoms with E-state index in [1.165, 1.54) is 50.3 Å². The minimum absolute atomic E-state index is 0.384. The Labute approximate surface area is 97.0 Å². The lowest BCUT2D eigenvalue weighted by Gasteiger charge is -2.37. The Bertz CT molecular complexity index is 226. The summed E-state index contributed by atoms with van der Waals surface area (Å²) in [5.74, 6) is 4.63. The van der Waals surface area contributed by atoms with Crippen molar-refractivity contribution in [1.29, 1.82) is 0 Å². The molecule has 3 atom stereocenters. The highest BCUT2D eigenvalue weighted by atomic mass is 32.2. The summed E-state index contributed by atoms with van der Waals surface area (Å²) < 4.78 is 0. The molecule has 2 saturated heterocycles. The first-order chi connectivity index (χ1) is 7.34. The van der Waals surface area contributed by atoms with Gasteiger partial charge in [0, 0.05) is 30.9 Å². The molecular weight excluding hydrogens is 204 g/mol. The Kier molecular flexibility index (Phi) is 2.74. The SMILES string of the molecule is NCC1(N2CC3CCCC3C2)CCSC1. The lowest BCUT2D eigenvalue weighted by Crippen LogP contribution is -2.53. The summed E-state index contributed by atoms with van der Waals surface area (Å²) in [6, 6.07) is 0. The molecule has 0 aromatic rings. The minimum atomic E-state index is 0.384. The van der Waals surface area contributed by atoms with Crippen LogP contribution in [-0.4, -0.2) is 41.6 Å². The second-order valence-electron chi connectivity index (χ2n) is 5.59. The van der Waals surface area contributed by atoms with Crippen molar-refractivity contribution < 1.29 is 0 Å². The number of hydrogen-bond acceptors (Lipinski definition) is 3. The summed E-state index contributed by atoms with van der Waals surface area (Å²) in [6.45, 7) is 3.57. The summed E-state index contributed by atoms with van der Waals surface area (Å²) in [4.78, 5) is 2.75. The summed E-state index contributed by atoms with van der Waals surface area (Å²) in [6.07, 6.45) is 5.77. The third-order valence-electron chi connectivity index (χ3n) is 4.86. The van der Waals surface area contributed by atoms with Gasteiger partial charge in [-0.2, -0.15) is 11.8 Å². The van der Waals surface area contributed by atoms with Crippen molar-refractivity contribution >= 4 is 11.8 Å². The zero-order chi connectivity index (χ0) is 10.3. The van der Waals surface area contributed by atoms with E-state index < -0.39 is 0 Å². The van der Waals surface area contributed by atoms with Crippen LogP contribution < -0.4 is 5.73 Å². The van der Waals surface area contributed by atoms with Gasteiger partial charge in [0.15, 0.2) is 0 Å². The van der Waals surface area contributed by atoms with Gasteiger partial charge < -0.3 is 5.73 Å². The van der Waals surface area contributed by atoms with E-state index in [1.807, 2.05) is 0 Å². The van der Waals surface area contributed by atoms with Crippen LogP contribution in [0.2, 0.25) is 0 Å². The van der Waals surface area contributed by atoms with Crippen LogP contribution in [0.25, 0.3) is 0 Å². The fourth-order valence-electron chi connectivity index (χ4n) is 3.76. The largest absolute Gasteiger partial charge is 0.329 e. The molecule has 3 heteroatoms. The number of likely N-dealkylation sites (tertiary alicyclic amines) is 1. The number of nitrogens with zero attached hydrogens (tertiary/aromatic N) is 1. The first-order valence-corrected chi connectivity index (χ1v) is 7.52. The molecule has 3 fully saturated rings. The molecule has 0 radical (unpaired) electrons. The topological polar surface area (TPSA) is 29.3 Å². The zero-order valence-electron chi connectivity index (χ0n) is 9.45. The zero-order valence-corrected chi connectivity index (χ0v) is 10.3. The fraction of sp³-hybridized carbons (Fsp3) is 1.00. The smallest absolute Gasteiger partial charge is 0.0429 e. The van der Waals surface area contributed by atoms with Gasteiger partial charge in [0.2, 0.25) is 0 Å². The average molecular weight is 226 g/mol. The molecule has 0 amide bonds. The van der Waals surface area contributed by atoms with Crippen molar-refractivity contribution in [3.05, 3.63) is 0 Å². The molecule has 86 valence electrons. The maximum atomic E-state index is 6.04. The summed E-state index contributed by atoms with van der Waals surface area (Å²) in [7, 11) is 0. The van der Waals surface area contributed by atoms with Gasteiger partial charge in [-0.05, 0) is 36.9 Å². The summed E-state index contributed by atoms with van der Waals surface area (Å²) in [5.41, 5.74) is 6.43. The number of rotatable bonds is 2. The highest BCUT2D eigenvalue weighted by Gasteiger charge is 2.46. The van der Waals surface area contributed by atoms with E-state index in [-0.39, 0.29) is 0 Å². The van der Waals surface area contributed by atoms with Gasteiger partial charge in [-0.1, -0.05) is 6.42 Å². The van der Waals surface area contributed by atoms with Gasteiger partial charge in [0.05, 0.1) is 0 Å². The Morgan fingerprint density at radius 1 is 1.27 bits per heavy atom. The molecule has 2 aliphatic heterocycles. The molecule has 0 bridgehead atoms. The minimum Gasteiger partial charge on any atom is -0.329 e. The molecular formula is C12H22N2S. The lowest BCUT2D eigenvalue weighted by atomic mass is 9.96. The molecule has 3 rings (SSSR count). The predicted molar refractivity (Wildman–Crippen MR) is 66.1 cm³/mol. The number of thioether (sulfide) groups is 1. The third-order valence-corrected chi connectivity index (χ3v) is 6.09. The van der Waals surface area contributed by atoms with Crippen LogP contribution in [0.4, 0.5) is 0 Å². The summed E-state index contributed by atoms with van der Waals surface area (Å²) >= 11 is 2.10. The van der Waals surface area contributed by atoms with E-state index in [1.54, 1.807) is 0 Å². The van der Waals surface area contributed by atoms with Crippen LogP contribution in [0.15, 0.2) is 0 Å².